The summed E-state index contributed by atoms with van der Waals surface area (Å²) in [5.74, 6) is 0. The van der Waals surface area contributed by atoms with E-state index in [1.165, 1.54) is 7.05 Å². The number of hydrogen-bond donors (Lipinski definition) is 0. The number of rotatable bonds is 2. The van der Waals surface area contributed by atoms with Crippen molar-refractivity contribution in [1.29, 1.82) is 0 Å². The molecule has 0 saturated heterocycles. The molecule has 0 aliphatic heterocycles. The molecule has 6 heavy (non-hydrogen) atoms. The number of hydrogen-bond acceptors (Lipinski definition) is 3. The molecular weight excluding hydrogens is 80.1 g/mol. The van der Waals surface area contributed by atoms with Gasteiger partial charge in [0.15, 0.2) is 6.67 Å². The van der Waals surface area contributed by atoms with Crippen molar-refractivity contribution < 1.29 is 0 Å². The van der Waals surface area contributed by atoms with E-state index in [9.17, 15) is 0 Å². The topological polar surface area (TPSA) is 59.4 Å². The summed E-state index contributed by atoms with van der Waals surface area (Å²) < 4.78 is 0. The molecule has 4 heteroatoms. The Morgan fingerprint density at radius 2 is 2.33 bits per heavy atom. The zero-order valence-electron chi connectivity index (χ0n) is 3.50. The summed E-state index contributed by atoms with van der Waals surface area (Å²) in [5, 5.41) is 9.26. The maximum Gasteiger partial charge on any atom is 0.173 e. The van der Waals surface area contributed by atoms with Gasteiger partial charge in [0.05, 0.1) is 0 Å². The second-order valence-electron chi connectivity index (χ2n) is 0.624. The van der Waals surface area contributed by atoms with Crippen LogP contribution in [-0.4, -0.2) is 13.7 Å². The van der Waals surface area contributed by atoms with Crippen molar-refractivity contribution in [1.82, 2.24) is 5.53 Å². The molecule has 0 aromatic carbocycles. The molecule has 0 aliphatic rings. The van der Waals surface area contributed by atoms with Gasteiger partial charge in [-0.3, -0.25) is 0 Å². The molecule has 4 nitrogen and oxygen atoms in total. The smallest absolute Gasteiger partial charge is 0.173 e. The average Bonchev–Trinajstić information content (AvgIpc) is 1.61. The lowest BCUT2D eigenvalue weighted by Crippen LogP contribution is -1.64. The molecule has 0 spiro atoms. The van der Waals surface area contributed by atoms with E-state index >= 15 is 0 Å². The quantitative estimate of drug-likeness (QED) is 0.432. The molecule has 0 aromatic rings. The molecule has 0 rings (SSSR count). The highest BCUT2D eigenvalue weighted by atomic mass is 15.2. The monoisotopic (exact) mass is 85.1 g/mol. The van der Waals surface area contributed by atoms with Gasteiger partial charge in [-0.1, -0.05) is 0 Å². The molecule has 0 aromatic heterocycles. The van der Waals surface area contributed by atoms with Crippen LogP contribution in [0.25, 0.3) is 0 Å². The minimum Gasteiger partial charge on any atom is -0.196 e. The average molecular weight is 85.1 g/mol. The maximum absolute atomic E-state index is 7.67. The van der Waals surface area contributed by atoms with Gasteiger partial charge in [0, 0.05) is 7.05 Å². The fraction of sp³-hybridized carbons (Fsp3) is 1.00. The Bertz CT molecular complexity index is 56.6. The van der Waals surface area contributed by atoms with E-state index in [0.29, 0.717) is 0 Å². The van der Waals surface area contributed by atoms with E-state index in [1.54, 1.807) is 0 Å². The lowest BCUT2D eigenvalue weighted by molar-refractivity contribution is 0.896. The van der Waals surface area contributed by atoms with E-state index in [1.807, 2.05) is 0 Å². The largest absolute Gasteiger partial charge is 0.196 e. The third-order valence-electron chi connectivity index (χ3n) is 0.268. The standard InChI is InChI=1S/C2H5N4/c1-4-6-2-5-3/h2H2,1H3. The Kier molecular flexibility index (Phi) is 3.64. The Morgan fingerprint density at radius 1 is 1.67 bits per heavy atom. The number of azo groups is 1. The lowest BCUT2D eigenvalue weighted by atomic mass is 11.2. The van der Waals surface area contributed by atoms with Crippen LogP contribution in [0.3, 0.4) is 0 Å². The van der Waals surface area contributed by atoms with Gasteiger partial charge >= 0.3 is 0 Å². The highest BCUT2D eigenvalue weighted by Gasteiger charge is 1.61. The minimum absolute atomic E-state index is 0.0521. The molecule has 0 bridgehead atoms. The van der Waals surface area contributed by atoms with Crippen LogP contribution in [0.15, 0.2) is 15.3 Å². The van der Waals surface area contributed by atoms with Gasteiger partial charge in [-0.2, -0.15) is 10.2 Å². The lowest BCUT2D eigenvalue weighted by Gasteiger charge is -1.68. The Labute approximate surface area is 35.8 Å². The maximum atomic E-state index is 7.67. The first-order chi connectivity index (χ1) is 2.91. The first-order valence-electron chi connectivity index (χ1n) is 1.48. The highest BCUT2D eigenvalue weighted by Crippen LogP contribution is 1.66. The van der Waals surface area contributed by atoms with Gasteiger partial charge in [0.1, 0.15) is 0 Å². The Morgan fingerprint density at radius 3 is 2.50 bits per heavy atom. The van der Waals surface area contributed by atoms with Crippen LogP contribution in [-0.2, 0) is 0 Å². The summed E-state index contributed by atoms with van der Waals surface area (Å²) in [6.07, 6.45) is 0. The first kappa shape index (κ1) is 5.20. The van der Waals surface area contributed by atoms with Crippen molar-refractivity contribution >= 4 is 0 Å². The summed E-state index contributed by atoms with van der Waals surface area (Å²) >= 11 is 0. The predicted molar refractivity (Wildman–Crippen MR) is 20.2 cm³/mol. The van der Waals surface area contributed by atoms with Crippen LogP contribution in [0.5, 0.6) is 0 Å². The summed E-state index contributed by atoms with van der Waals surface area (Å²) in [5.41, 5.74) is 7.67. The zero-order chi connectivity index (χ0) is 4.83. The van der Waals surface area contributed by atoms with Gasteiger partial charge in [0.2, 0.25) is 0 Å². The first-order valence-corrected chi connectivity index (χ1v) is 1.48. The van der Waals surface area contributed by atoms with Crippen molar-refractivity contribution in [3.05, 3.63) is 0 Å². The van der Waals surface area contributed by atoms with E-state index in [4.69, 9.17) is 5.53 Å². The van der Waals surface area contributed by atoms with Crippen LogP contribution in [0.2, 0.25) is 0 Å². The fourth-order valence-corrected chi connectivity index (χ4v) is 0.0915. The Balaban J connectivity index is 2.85. The van der Waals surface area contributed by atoms with Crippen LogP contribution < -0.4 is 5.53 Å². The van der Waals surface area contributed by atoms with Gasteiger partial charge in [0.25, 0.3) is 0 Å². The molecule has 0 heterocycles. The van der Waals surface area contributed by atoms with Crippen molar-refractivity contribution in [2.24, 2.45) is 15.3 Å². The van der Waals surface area contributed by atoms with Crippen molar-refractivity contribution in [2.45, 2.75) is 0 Å². The van der Waals surface area contributed by atoms with Gasteiger partial charge in [-0.05, 0) is 5.53 Å². The normalized spacial score (nSPS) is 9.50. The van der Waals surface area contributed by atoms with Crippen LogP contribution in [0.1, 0.15) is 0 Å². The van der Waals surface area contributed by atoms with E-state index in [0.717, 1.165) is 0 Å². The summed E-state index contributed by atoms with van der Waals surface area (Å²) in [7, 11) is 1.52. The third-order valence-corrected chi connectivity index (χ3v) is 0.268. The molecule has 0 atom stereocenters. The SMILES string of the molecule is CN=NCN=[N]. The van der Waals surface area contributed by atoms with Gasteiger partial charge < -0.3 is 0 Å². The van der Waals surface area contributed by atoms with Gasteiger partial charge in [-0.25, -0.2) is 0 Å². The molecule has 0 saturated carbocycles. The molecule has 0 N–H and O–H groups in total. The van der Waals surface area contributed by atoms with Crippen LogP contribution in [0.4, 0.5) is 0 Å². The van der Waals surface area contributed by atoms with E-state index in [2.05, 4.69) is 15.3 Å². The third kappa shape index (κ3) is 3.20. The molecule has 33 valence electrons. The van der Waals surface area contributed by atoms with Crippen LogP contribution in [0, 0.1) is 0 Å². The van der Waals surface area contributed by atoms with Crippen LogP contribution >= 0.6 is 0 Å². The second-order valence-corrected chi connectivity index (χ2v) is 0.624. The molecular formula is C2H5N4. The summed E-state index contributed by atoms with van der Waals surface area (Å²) in [4.78, 5) is 0. The Hall–Kier alpha value is -0.800. The second kappa shape index (κ2) is 4.20. The van der Waals surface area contributed by atoms with Crippen molar-refractivity contribution in [3.8, 4) is 0 Å². The van der Waals surface area contributed by atoms with Crippen molar-refractivity contribution in [3.63, 3.8) is 0 Å². The molecule has 0 unspecified atom stereocenters. The summed E-state index contributed by atoms with van der Waals surface area (Å²) in [6.45, 7) is 0.0521. The van der Waals surface area contributed by atoms with Crippen molar-refractivity contribution in [2.75, 3.05) is 13.7 Å². The highest BCUT2D eigenvalue weighted by molar-refractivity contribution is 4.19. The fourth-order valence-electron chi connectivity index (χ4n) is 0.0915. The number of nitrogens with zero attached hydrogens (tertiary/aromatic N) is 4. The molecule has 0 aliphatic carbocycles. The van der Waals surface area contributed by atoms with Gasteiger partial charge in [-0.15, -0.1) is 5.11 Å². The summed E-state index contributed by atoms with van der Waals surface area (Å²) in [6, 6.07) is 0. The molecule has 0 amide bonds. The van der Waals surface area contributed by atoms with E-state index < -0.39 is 0 Å². The van der Waals surface area contributed by atoms with E-state index in [-0.39, 0.29) is 6.67 Å². The molecule has 0 fully saturated rings. The minimum atomic E-state index is 0.0521. The predicted octanol–water partition coefficient (Wildman–Crippen LogP) is 0.278. The molecule has 1 radical (unpaired) electrons. The zero-order valence-corrected chi connectivity index (χ0v) is 3.50.